The Labute approximate surface area is 189 Å². The number of thioether (sulfide) groups is 1. The van der Waals surface area contributed by atoms with E-state index in [-0.39, 0.29) is 10.6 Å². The maximum absolute atomic E-state index is 12.9. The smallest absolute Gasteiger partial charge is 0.346 e. The third-order valence-corrected chi connectivity index (χ3v) is 7.59. The van der Waals surface area contributed by atoms with Crippen LogP contribution in [0.15, 0.2) is 58.6 Å². The first kappa shape index (κ1) is 24.5. The third-order valence-electron chi connectivity index (χ3n) is 4.76. The molecule has 32 heavy (non-hydrogen) atoms. The summed E-state index contributed by atoms with van der Waals surface area (Å²) in [6.45, 7) is 1.33. The number of nitrogens with zero attached hydrogens (tertiary/aromatic N) is 3. The van der Waals surface area contributed by atoms with Crippen molar-refractivity contribution in [1.29, 1.82) is 0 Å². The quantitative estimate of drug-likeness (QED) is 0.575. The van der Waals surface area contributed by atoms with Gasteiger partial charge in [0.25, 0.3) is 0 Å². The van der Waals surface area contributed by atoms with Crippen LogP contribution in [0.4, 0.5) is 13.2 Å². The molecule has 174 valence electrons. The number of nitrogens with one attached hydrogen (secondary N) is 1. The molecule has 12 heteroatoms. The minimum atomic E-state index is -4.47. The van der Waals surface area contributed by atoms with E-state index in [1.807, 2.05) is 30.3 Å². The monoisotopic (exact) mass is 488 g/mol. The van der Waals surface area contributed by atoms with Crippen molar-refractivity contribution in [1.82, 2.24) is 19.5 Å². The Hall–Kier alpha value is -2.15. The predicted octanol–water partition coefficient (Wildman–Crippen LogP) is 2.36. The second-order valence-corrected chi connectivity index (χ2v) is 10.1. The van der Waals surface area contributed by atoms with Crippen molar-refractivity contribution in [2.24, 2.45) is 0 Å². The van der Waals surface area contributed by atoms with Crippen LogP contribution in [0, 0.1) is 0 Å². The zero-order valence-electron chi connectivity index (χ0n) is 17.1. The van der Waals surface area contributed by atoms with E-state index in [1.54, 1.807) is 5.32 Å². The second-order valence-electron chi connectivity index (χ2n) is 7.18. The normalized spacial score (nSPS) is 16.1. The second kappa shape index (κ2) is 10.6. The average Bonchev–Trinajstić information content (AvgIpc) is 2.77. The van der Waals surface area contributed by atoms with Crippen LogP contribution < -0.4 is 5.32 Å². The van der Waals surface area contributed by atoms with Crippen molar-refractivity contribution >= 4 is 27.7 Å². The van der Waals surface area contributed by atoms with Gasteiger partial charge < -0.3 is 5.32 Å². The van der Waals surface area contributed by atoms with Crippen LogP contribution in [-0.2, 0) is 21.4 Å². The van der Waals surface area contributed by atoms with Crippen LogP contribution in [0.5, 0.6) is 0 Å². The number of benzene rings is 1. The summed E-state index contributed by atoms with van der Waals surface area (Å²) in [6.07, 6.45) is -3.26. The van der Waals surface area contributed by atoms with Crippen molar-refractivity contribution in [3.63, 3.8) is 0 Å². The van der Waals surface area contributed by atoms with Gasteiger partial charge in [-0.25, -0.2) is 13.4 Å². The van der Waals surface area contributed by atoms with Gasteiger partial charge in [0.1, 0.15) is 11.4 Å². The van der Waals surface area contributed by atoms with Gasteiger partial charge in [0.2, 0.25) is 15.9 Å². The number of rotatable bonds is 8. The number of hydrogen-bond donors (Lipinski definition) is 1. The van der Waals surface area contributed by atoms with Gasteiger partial charge >= 0.3 is 6.18 Å². The zero-order valence-corrected chi connectivity index (χ0v) is 18.7. The first-order chi connectivity index (χ1) is 15.1. The van der Waals surface area contributed by atoms with E-state index in [1.165, 1.54) is 28.2 Å². The number of hydrogen-bond acceptors (Lipinski definition) is 6. The largest absolute Gasteiger partial charge is 0.405 e. The molecule has 0 radical (unpaired) electrons. The number of sulfonamides is 1. The summed E-state index contributed by atoms with van der Waals surface area (Å²) in [5, 5.41) is 2.12. The van der Waals surface area contributed by atoms with Crippen LogP contribution in [-0.4, -0.2) is 73.2 Å². The Balaban J connectivity index is 1.50. The van der Waals surface area contributed by atoms with Crippen LogP contribution in [0.25, 0.3) is 0 Å². The van der Waals surface area contributed by atoms with Gasteiger partial charge in [-0.15, -0.1) is 0 Å². The van der Waals surface area contributed by atoms with E-state index in [4.69, 9.17) is 0 Å². The Morgan fingerprint density at radius 1 is 1.06 bits per heavy atom. The molecule has 7 nitrogen and oxygen atoms in total. The van der Waals surface area contributed by atoms with E-state index < -0.39 is 28.7 Å². The number of carbonyl (C=O) groups is 1. The molecule has 1 aromatic heterocycles. The summed E-state index contributed by atoms with van der Waals surface area (Å²) in [6, 6.07) is 12.8. The Morgan fingerprint density at radius 2 is 1.75 bits per heavy atom. The van der Waals surface area contributed by atoms with Crippen molar-refractivity contribution in [2.75, 3.05) is 38.5 Å². The molecule has 0 saturated carbocycles. The van der Waals surface area contributed by atoms with Gasteiger partial charge in [-0.1, -0.05) is 42.1 Å². The predicted molar refractivity (Wildman–Crippen MR) is 115 cm³/mol. The highest BCUT2D eigenvalue weighted by Gasteiger charge is 2.29. The molecule has 1 aliphatic heterocycles. The number of carbonyl (C=O) groups excluding carboxylic acids is 1. The molecule has 3 rings (SSSR count). The first-order valence-electron chi connectivity index (χ1n) is 9.82. The lowest BCUT2D eigenvalue weighted by atomic mass is 10.2. The minimum absolute atomic E-state index is 0.0416. The summed E-state index contributed by atoms with van der Waals surface area (Å²) >= 11 is 0.930. The number of piperazine rings is 1. The molecule has 1 saturated heterocycles. The Kier molecular flexibility index (Phi) is 8.15. The van der Waals surface area contributed by atoms with Crippen LogP contribution >= 0.6 is 11.8 Å². The first-order valence-corrected chi connectivity index (χ1v) is 12.2. The van der Waals surface area contributed by atoms with Crippen molar-refractivity contribution in [3.05, 3.63) is 54.2 Å². The van der Waals surface area contributed by atoms with Gasteiger partial charge in [0, 0.05) is 38.9 Å². The summed E-state index contributed by atoms with van der Waals surface area (Å²) in [7, 11) is -3.70. The molecule has 0 unspecified atom stereocenters. The number of pyridine rings is 1. The third kappa shape index (κ3) is 7.19. The molecule has 0 bridgehead atoms. The lowest BCUT2D eigenvalue weighted by Gasteiger charge is -2.33. The highest BCUT2D eigenvalue weighted by Crippen LogP contribution is 2.21. The fourth-order valence-corrected chi connectivity index (χ4v) is 5.15. The molecule has 1 fully saturated rings. The molecular weight excluding hydrogens is 465 g/mol. The molecule has 1 aliphatic rings. The van der Waals surface area contributed by atoms with Crippen molar-refractivity contribution < 1.29 is 26.4 Å². The molecule has 0 aliphatic carbocycles. The summed E-state index contributed by atoms with van der Waals surface area (Å²) in [4.78, 5) is 17.7. The summed E-state index contributed by atoms with van der Waals surface area (Å²) < 4.78 is 63.6. The van der Waals surface area contributed by atoms with Crippen LogP contribution in [0.1, 0.15) is 5.56 Å². The Morgan fingerprint density at radius 3 is 2.34 bits per heavy atom. The van der Waals surface area contributed by atoms with E-state index in [9.17, 15) is 26.4 Å². The number of halogens is 3. The fraction of sp³-hybridized carbons (Fsp3) is 0.400. The highest BCUT2D eigenvalue weighted by atomic mass is 32.2. The lowest BCUT2D eigenvalue weighted by Crippen LogP contribution is -2.48. The fourth-order valence-electron chi connectivity index (χ4n) is 3.11. The van der Waals surface area contributed by atoms with Crippen LogP contribution in [0.3, 0.4) is 0 Å². The van der Waals surface area contributed by atoms with E-state index in [0.717, 1.165) is 18.3 Å². The van der Waals surface area contributed by atoms with E-state index in [2.05, 4.69) is 9.88 Å². The highest BCUT2D eigenvalue weighted by molar-refractivity contribution is 7.99. The maximum atomic E-state index is 12.9. The van der Waals surface area contributed by atoms with E-state index in [0.29, 0.717) is 31.2 Å². The van der Waals surface area contributed by atoms with Gasteiger partial charge in [0.15, 0.2) is 0 Å². The van der Waals surface area contributed by atoms with Gasteiger partial charge in [-0.3, -0.25) is 9.69 Å². The molecule has 2 heterocycles. The number of amides is 1. The maximum Gasteiger partial charge on any atom is 0.405 e. The molecule has 0 spiro atoms. The van der Waals surface area contributed by atoms with Gasteiger partial charge in [0.05, 0.1) is 10.8 Å². The summed E-state index contributed by atoms with van der Waals surface area (Å²) in [5.41, 5.74) is 1.17. The molecule has 1 N–H and O–H groups in total. The topological polar surface area (TPSA) is 82.6 Å². The molecule has 1 aromatic carbocycles. The van der Waals surface area contributed by atoms with Crippen molar-refractivity contribution in [2.45, 2.75) is 22.6 Å². The number of aromatic nitrogens is 1. The lowest BCUT2D eigenvalue weighted by molar-refractivity contribution is -0.136. The van der Waals surface area contributed by atoms with Crippen molar-refractivity contribution in [3.8, 4) is 0 Å². The van der Waals surface area contributed by atoms with Crippen LogP contribution in [0.2, 0.25) is 0 Å². The standard InChI is InChI=1S/C20H23F3N4O3S2/c21-20(22,23)15-25-18(28)14-31-19-7-6-17(12-24-19)32(29,30)27-10-8-26(9-11-27)13-16-4-2-1-3-5-16/h1-7,12H,8-11,13-15H2,(H,25,28). The molecule has 2 aromatic rings. The number of alkyl halides is 3. The molecule has 1 amide bonds. The SMILES string of the molecule is O=C(CSc1ccc(S(=O)(=O)N2CCN(Cc3ccccc3)CC2)cn1)NCC(F)(F)F. The summed E-state index contributed by atoms with van der Waals surface area (Å²) in [5.74, 6) is -1.03. The minimum Gasteiger partial charge on any atom is -0.346 e. The Bertz CT molecular complexity index is 995. The molecular formula is C20H23F3N4O3S2. The van der Waals surface area contributed by atoms with Gasteiger partial charge in [-0.05, 0) is 17.7 Å². The zero-order chi connectivity index (χ0) is 23.2. The van der Waals surface area contributed by atoms with E-state index >= 15 is 0 Å². The average molecular weight is 489 g/mol. The molecule has 0 atom stereocenters. The van der Waals surface area contributed by atoms with Gasteiger partial charge in [-0.2, -0.15) is 17.5 Å².